The number of aliphatic hydroxyl groups excluding tert-OH is 1. The van der Waals surface area contributed by atoms with E-state index in [0.717, 1.165) is 5.69 Å². The van der Waals surface area contributed by atoms with Crippen molar-refractivity contribution in [1.82, 2.24) is 4.98 Å². The van der Waals surface area contributed by atoms with Crippen LogP contribution in [0.4, 0.5) is 11.4 Å². The lowest BCUT2D eigenvalue weighted by atomic mass is 9.97. The van der Waals surface area contributed by atoms with Crippen molar-refractivity contribution in [1.29, 1.82) is 0 Å². The van der Waals surface area contributed by atoms with E-state index in [0.29, 0.717) is 27.7 Å². The van der Waals surface area contributed by atoms with Crippen LogP contribution in [0, 0.1) is 7.43 Å². The minimum Gasteiger partial charge on any atom is -0.477 e. The number of anilines is 2. The van der Waals surface area contributed by atoms with Gasteiger partial charge in [-0.15, -0.1) is 0 Å². The molecule has 1 atom stereocenters. The zero-order valence-electron chi connectivity index (χ0n) is 18.9. The van der Waals surface area contributed by atoms with Crippen LogP contribution in [0.15, 0.2) is 102 Å². The summed E-state index contributed by atoms with van der Waals surface area (Å²) in [4.78, 5) is 37.2. The maximum atomic E-state index is 12.2. The smallest absolute Gasteiger partial charge is 0.341 e. The molecule has 1 amide bonds. The Kier molecular flexibility index (Phi) is 9.29. The Hall–Kier alpha value is -4.69. The molecule has 4 aromatic rings. The van der Waals surface area contributed by atoms with Crippen LogP contribution in [-0.4, -0.2) is 27.1 Å². The quantitative estimate of drug-likeness (QED) is 0.260. The predicted octanol–water partition coefficient (Wildman–Crippen LogP) is 4.98. The number of para-hydroxylation sites is 3. The molecule has 0 saturated heterocycles. The largest absolute Gasteiger partial charge is 0.477 e. The summed E-state index contributed by atoms with van der Waals surface area (Å²) in [5.41, 5.74) is 2.47. The van der Waals surface area contributed by atoms with Crippen molar-refractivity contribution in [2.75, 3.05) is 10.6 Å². The van der Waals surface area contributed by atoms with Gasteiger partial charge in [0.15, 0.2) is 0 Å². The second kappa shape index (κ2) is 12.1. The fraction of sp³-hybridized carbons (Fsp3) is 0.0714. The van der Waals surface area contributed by atoms with Crippen LogP contribution in [0.1, 0.15) is 29.5 Å². The number of hydrogen-bond donors (Lipinski definition) is 5. The van der Waals surface area contributed by atoms with Crippen LogP contribution in [-0.2, 0) is 4.79 Å². The van der Waals surface area contributed by atoms with Gasteiger partial charge in [-0.25, -0.2) is 4.79 Å². The van der Waals surface area contributed by atoms with E-state index in [1.165, 1.54) is 6.20 Å². The van der Waals surface area contributed by atoms with Crippen LogP contribution < -0.4 is 16.1 Å². The number of pyridine rings is 1. The minimum atomic E-state index is -1.21. The Bertz CT molecular complexity index is 1440. The van der Waals surface area contributed by atoms with Gasteiger partial charge >= 0.3 is 5.97 Å². The molecule has 1 aliphatic heterocycles. The molecule has 3 aromatic carbocycles. The first-order valence-corrected chi connectivity index (χ1v) is 10.4. The highest BCUT2D eigenvalue weighted by atomic mass is 16.4. The molecular weight excluding hydrogens is 458 g/mol. The number of aromatic amines is 1. The molecular formula is C28H28N3O5-. The molecule has 1 aromatic heterocycles. The Labute approximate surface area is 208 Å². The van der Waals surface area contributed by atoms with Gasteiger partial charge in [-0.3, -0.25) is 9.59 Å². The van der Waals surface area contributed by atoms with Gasteiger partial charge in [-0.1, -0.05) is 56.0 Å². The Morgan fingerprint density at radius 1 is 0.889 bits per heavy atom. The van der Waals surface area contributed by atoms with Crippen molar-refractivity contribution in [2.45, 2.75) is 13.5 Å². The molecule has 186 valence electrons. The number of nitrogens with one attached hydrogen (secondary N) is 3. The number of carboxylic acids is 1. The summed E-state index contributed by atoms with van der Waals surface area (Å²) in [6.07, 6.45) is 1.84. The van der Waals surface area contributed by atoms with E-state index in [4.69, 9.17) is 5.11 Å². The van der Waals surface area contributed by atoms with Gasteiger partial charge in [-0.2, -0.15) is 0 Å². The third kappa shape index (κ3) is 5.86. The van der Waals surface area contributed by atoms with Crippen LogP contribution in [0.2, 0.25) is 0 Å². The van der Waals surface area contributed by atoms with Gasteiger partial charge in [0, 0.05) is 40.2 Å². The fourth-order valence-electron chi connectivity index (χ4n) is 3.51. The van der Waals surface area contributed by atoms with E-state index in [2.05, 4.69) is 15.6 Å². The van der Waals surface area contributed by atoms with Crippen LogP contribution in [0.25, 0.3) is 10.9 Å². The molecule has 8 heteroatoms. The molecule has 0 fully saturated rings. The SMILES string of the molecule is C.O=C(Nc1ccccc1)C1=CNc2ccccc2C1O.O=C(O)c1c[nH]c2ccccc2c1=O.[CH3-]. The van der Waals surface area contributed by atoms with Gasteiger partial charge in [0.25, 0.3) is 5.91 Å². The predicted molar refractivity (Wildman–Crippen MR) is 143 cm³/mol. The highest BCUT2D eigenvalue weighted by Crippen LogP contribution is 2.32. The fourth-order valence-corrected chi connectivity index (χ4v) is 3.51. The molecule has 2 heterocycles. The molecule has 0 aliphatic carbocycles. The van der Waals surface area contributed by atoms with Crippen molar-refractivity contribution >= 4 is 34.2 Å². The summed E-state index contributed by atoms with van der Waals surface area (Å²) < 4.78 is 0. The van der Waals surface area contributed by atoms with E-state index in [1.54, 1.807) is 48.7 Å². The van der Waals surface area contributed by atoms with E-state index < -0.39 is 17.5 Å². The number of carbonyl (C=O) groups excluding carboxylic acids is 1. The maximum Gasteiger partial charge on any atom is 0.341 e. The normalized spacial score (nSPS) is 13.2. The number of carbonyl (C=O) groups is 2. The Morgan fingerprint density at radius 2 is 1.53 bits per heavy atom. The van der Waals surface area contributed by atoms with Crippen LogP contribution >= 0.6 is 0 Å². The molecule has 0 saturated carbocycles. The van der Waals surface area contributed by atoms with Crippen molar-refractivity contribution in [3.63, 3.8) is 0 Å². The first kappa shape index (κ1) is 27.6. The number of benzene rings is 3. The monoisotopic (exact) mass is 486 g/mol. The third-order valence-electron chi connectivity index (χ3n) is 5.25. The zero-order valence-corrected chi connectivity index (χ0v) is 18.9. The Morgan fingerprint density at radius 3 is 2.25 bits per heavy atom. The topological polar surface area (TPSA) is 132 Å². The molecule has 1 aliphatic rings. The van der Waals surface area contributed by atoms with E-state index >= 15 is 0 Å². The molecule has 0 radical (unpaired) electrons. The minimum absolute atomic E-state index is 0. The number of hydrogen-bond acceptors (Lipinski definition) is 5. The summed E-state index contributed by atoms with van der Waals surface area (Å²) >= 11 is 0. The number of amides is 1. The molecule has 5 N–H and O–H groups in total. The number of aromatic carboxylic acids is 1. The van der Waals surface area contributed by atoms with Gasteiger partial charge in [0.2, 0.25) is 5.43 Å². The highest BCUT2D eigenvalue weighted by Gasteiger charge is 2.25. The van der Waals surface area contributed by atoms with Gasteiger partial charge in [0.05, 0.1) is 5.57 Å². The van der Waals surface area contributed by atoms with Crippen molar-refractivity contribution in [3.05, 3.63) is 126 Å². The number of aliphatic hydroxyl groups is 1. The Balaban J connectivity index is 0.000000254. The lowest BCUT2D eigenvalue weighted by Crippen LogP contribution is -2.23. The molecule has 1 unspecified atom stereocenters. The number of rotatable bonds is 3. The molecule has 36 heavy (non-hydrogen) atoms. The third-order valence-corrected chi connectivity index (χ3v) is 5.25. The molecule has 5 rings (SSSR count). The molecule has 0 bridgehead atoms. The van der Waals surface area contributed by atoms with Crippen LogP contribution in [0.5, 0.6) is 0 Å². The van der Waals surface area contributed by atoms with Gasteiger partial charge in [-0.05, 0) is 30.3 Å². The number of H-pyrrole nitrogens is 1. The average molecular weight is 487 g/mol. The highest BCUT2D eigenvalue weighted by molar-refractivity contribution is 6.05. The second-order valence-electron chi connectivity index (χ2n) is 7.44. The summed E-state index contributed by atoms with van der Waals surface area (Å²) in [5.74, 6) is -1.53. The van der Waals surface area contributed by atoms with Gasteiger partial charge < -0.3 is 33.3 Å². The first-order chi connectivity index (χ1) is 16.5. The average Bonchev–Trinajstić information content (AvgIpc) is 2.85. The van der Waals surface area contributed by atoms with Crippen molar-refractivity contribution in [3.8, 4) is 0 Å². The number of carboxylic acid groups (broad SMARTS) is 1. The number of aromatic nitrogens is 1. The van der Waals surface area contributed by atoms with E-state index in [1.807, 2.05) is 36.4 Å². The lowest BCUT2D eigenvalue weighted by Gasteiger charge is -2.23. The molecule has 0 spiro atoms. The molecule has 8 nitrogen and oxygen atoms in total. The van der Waals surface area contributed by atoms with Crippen molar-refractivity contribution in [2.24, 2.45) is 0 Å². The standard InChI is InChI=1S/C16H14N2O2.C10H7NO3.CH4.CH3/c19-15-12-8-4-5-9-14(12)17-10-13(15)16(20)18-11-6-2-1-3-7-11;12-9-6-3-1-2-4-8(6)11-5-7(9)10(13)14;;/h1-10,15,17,19H,(H,18,20);1-5H,(H,11,12)(H,13,14);1H4;1H3/q;;;-1. The van der Waals surface area contributed by atoms with E-state index in [-0.39, 0.29) is 26.3 Å². The summed E-state index contributed by atoms with van der Waals surface area (Å²) in [6, 6.07) is 23.3. The number of fused-ring (bicyclic) bond motifs is 2. The van der Waals surface area contributed by atoms with Crippen molar-refractivity contribution < 1.29 is 19.8 Å². The lowest BCUT2D eigenvalue weighted by molar-refractivity contribution is -0.113. The summed E-state index contributed by atoms with van der Waals surface area (Å²) in [7, 11) is 0. The summed E-state index contributed by atoms with van der Waals surface area (Å²) in [5, 5.41) is 25.2. The first-order valence-electron chi connectivity index (χ1n) is 10.4. The van der Waals surface area contributed by atoms with Crippen LogP contribution in [0.3, 0.4) is 0 Å². The zero-order chi connectivity index (χ0) is 24.1. The summed E-state index contributed by atoms with van der Waals surface area (Å²) in [6.45, 7) is 0. The maximum absolute atomic E-state index is 12.2. The van der Waals surface area contributed by atoms with E-state index in [9.17, 15) is 19.5 Å². The second-order valence-corrected chi connectivity index (χ2v) is 7.44. The van der Waals surface area contributed by atoms with Gasteiger partial charge in [0.1, 0.15) is 11.7 Å².